The zero-order valence-electron chi connectivity index (χ0n) is 12.5. The summed E-state index contributed by atoms with van der Waals surface area (Å²) in [5, 5.41) is -0.838. The van der Waals surface area contributed by atoms with Gasteiger partial charge in [0.25, 0.3) is 6.17 Å². The summed E-state index contributed by atoms with van der Waals surface area (Å²) in [6.45, 7) is 0. The molecule has 0 aromatic heterocycles. The van der Waals surface area contributed by atoms with Crippen LogP contribution >= 0.6 is 11.8 Å². The molecule has 0 heterocycles. The van der Waals surface area contributed by atoms with Gasteiger partial charge in [-0.05, 0) is 0 Å². The fourth-order valence-corrected chi connectivity index (χ4v) is 2.54. The monoisotopic (exact) mass is 416 g/mol. The maximum absolute atomic E-state index is 13.4. The van der Waals surface area contributed by atoms with Crippen molar-refractivity contribution in [3.8, 4) is 0 Å². The molecule has 1 rings (SSSR count). The molecule has 0 aliphatic carbocycles. The molecule has 1 atom stereocenters. The Morgan fingerprint density at radius 2 is 1.42 bits per heavy atom. The van der Waals surface area contributed by atoms with Crippen LogP contribution in [0.3, 0.4) is 0 Å². The topological polar surface area (TPSA) is 17.1 Å². The number of halogens is 10. The lowest BCUT2D eigenvalue weighted by Crippen LogP contribution is -2.61. The van der Waals surface area contributed by atoms with Gasteiger partial charge in [0.15, 0.2) is 0 Å². The predicted octanol–water partition coefficient (Wildman–Crippen LogP) is 5.76. The average molecular weight is 416 g/mol. The summed E-state index contributed by atoms with van der Waals surface area (Å²) in [7, 11) is 0. The molecule has 0 bridgehead atoms. The minimum absolute atomic E-state index is 0.0128. The quantitative estimate of drug-likeness (QED) is 0.526. The second kappa shape index (κ2) is 7.65. The van der Waals surface area contributed by atoms with E-state index < -0.39 is 47.4 Å². The highest BCUT2D eigenvalue weighted by Crippen LogP contribution is 2.52. The normalized spacial score (nSPS) is 15.0. The van der Waals surface area contributed by atoms with Gasteiger partial charge >= 0.3 is 23.9 Å². The largest absolute Gasteiger partial charge is 0.425 e. The van der Waals surface area contributed by atoms with Gasteiger partial charge in [0.1, 0.15) is 0 Å². The van der Waals surface area contributed by atoms with E-state index in [2.05, 4.69) is 0 Å². The second-order valence-corrected chi connectivity index (χ2v) is 6.13. The van der Waals surface area contributed by atoms with E-state index in [0.717, 1.165) is 0 Å². The molecule has 0 N–H and O–H groups in total. The summed E-state index contributed by atoms with van der Waals surface area (Å²) >= 11 is 0.0840. The van der Waals surface area contributed by atoms with E-state index in [-0.39, 0.29) is 17.3 Å². The van der Waals surface area contributed by atoms with E-state index in [0.29, 0.717) is 0 Å². The van der Waals surface area contributed by atoms with Crippen molar-refractivity contribution in [3.63, 3.8) is 0 Å². The van der Waals surface area contributed by atoms with Gasteiger partial charge in [0.2, 0.25) is 5.12 Å². The number of hydrogen-bond acceptors (Lipinski definition) is 2. The third kappa shape index (κ3) is 4.63. The Morgan fingerprint density at radius 3 is 1.88 bits per heavy atom. The highest BCUT2D eigenvalue weighted by molar-refractivity contribution is 8.14. The van der Waals surface area contributed by atoms with Crippen LogP contribution in [0.5, 0.6) is 0 Å². The van der Waals surface area contributed by atoms with Gasteiger partial charge < -0.3 is 0 Å². The highest BCUT2D eigenvalue weighted by Gasteiger charge is 2.78. The van der Waals surface area contributed by atoms with Gasteiger partial charge in [-0.2, -0.15) is 39.5 Å². The molecule has 0 saturated carbocycles. The first kappa shape index (κ1) is 22.6. The molecule has 12 heteroatoms. The van der Waals surface area contributed by atoms with Crippen molar-refractivity contribution in [3.05, 3.63) is 35.9 Å². The predicted molar refractivity (Wildman–Crippen MR) is 73.6 cm³/mol. The molecule has 0 radical (unpaired) electrons. The van der Waals surface area contributed by atoms with Crippen molar-refractivity contribution in [2.45, 2.75) is 36.5 Å². The zero-order valence-corrected chi connectivity index (χ0v) is 13.3. The third-order valence-corrected chi connectivity index (χ3v) is 4.05. The highest BCUT2D eigenvalue weighted by atomic mass is 32.2. The van der Waals surface area contributed by atoms with Crippen LogP contribution in [0.25, 0.3) is 0 Å². The lowest BCUT2D eigenvalue weighted by Gasteiger charge is -2.34. The number of carbonyl (C=O) groups is 1. The molecule has 0 aliphatic heterocycles. The Balaban J connectivity index is 2.83. The lowest BCUT2D eigenvalue weighted by atomic mass is 9.98. The summed E-state index contributed by atoms with van der Waals surface area (Å²) in [6, 6.07) is 6.89. The summed E-state index contributed by atoms with van der Waals surface area (Å²) in [6.07, 6.45) is -14.0. The van der Waals surface area contributed by atoms with Crippen molar-refractivity contribution in [1.29, 1.82) is 0 Å². The summed E-state index contributed by atoms with van der Waals surface area (Å²) < 4.78 is 128. The number of alkyl halides is 10. The summed E-state index contributed by atoms with van der Waals surface area (Å²) in [5.74, 6) is -20.1. The van der Waals surface area contributed by atoms with E-state index in [1.165, 1.54) is 30.3 Å². The van der Waals surface area contributed by atoms with Crippen LogP contribution in [0, 0.1) is 0 Å². The molecule has 1 aromatic carbocycles. The molecule has 148 valence electrons. The van der Waals surface area contributed by atoms with Crippen LogP contribution in [-0.4, -0.2) is 41.0 Å². The van der Waals surface area contributed by atoms with Crippen LogP contribution in [0.4, 0.5) is 43.9 Å². The van der Waals surface area contributed by atoms with Gasteiger partial charge in [0, 0.05) is 17.7 Å². The van der Waals surface area contributed by atoms with Crippen LogP contribution in [0.2, 0.25) is 0 Å². The maximum atomic E-state index is 13.4. The van der Waals surface area contributed by atoms with Gasteiger partial charge in [-0.3, -0.25) is 4.79 Å². The van der Waals surface area contributed by atoms with Crippen LogP contribution in [0.15, 0.2) is 30.3 Å². The Hall–Kier alpha value is -1.46. The number of benzene rings is 1. The first-order valence-corrected chi connectivity index (χ1v) is 7.69. The Labute approximate surface area is 144 Å². The van der Waals surface area contributed by atoms with Crippen molar-refractivity contribution in [2.24, 2.45) is 0 Å². The van der Waals surface area contributed by atoms with E-state index in [1.807, 2.05) is 0 Å². The molecular weight excluding hydrogens is 406 g/mol. The lowest BCUT2D eigenvalue weighted by molar-refractivity contribution is -0.356. The number of hydrogen-bond donors (Lipinski definition) is 0. The first-order chi connectivity index (χ1) is 11.6. The summed E-state index contributed by atoms with van der Waals surface area (Å²) in [5.41, 5.74) is 0.0128. The molecule has 26 heavy (non-hydrogen) atoms. The zero-order chi connectivity index (χ0) is 20.4. The van der Waals surface area contributed by atoms with E-state index in [4.69, 9.17) is 0 Å². The van der Waals surface area contributed by atoms with E-state index in [9.17, 15) is 48.7 Å². The molecule has 0 aliphatic rings. The Morgan fingerprint density at radius 1 is 0.923 bits per heavy atom. The Kier molecular flexibility index (Phi) is 6.64. The van der Waals surface area contributed by atoms with Crippen molar-refractivity contribution < 1.29 is 48.7 Å². The molecule has 0 spiro atoms. The molecule has 1 nitrogen and oxygen atoms in total. The number of rotatable bonds is 7. The molecule has 1 unspecified atom stereocenters. The smallest absolute Gasteiger partial charge is 0.282 e. The second-order valence-electron chi connectivity index (χ2n) is 5.06. The summed E-state index contributed by atoms with van der Waals surface area (Å²) in [4.78, 5) is 11.6. The fraction of sp³-hybridized carbons (Fsp3) is 0.500. The van der Waals surface area contributed by atoms with Gasteiger partial charge in [-0.25, -0.2) is 4.39 Å². The number of thioether (sulfide) groups is 1. The SMILES string of the molecule is O=C(SCCC(F)(F)C(F)(F)C(F)(F)C(F)C(F)(F)F)c1ccccc1. The minimum atomic E-state index is -6.69. The van der Waals surface area contributed by atoms with Crippen molar-refractivity contribution in [2.75, 3.05) is 5.75 Å². The average Bonchev–Trinajstić information content (AvgIpc) is 2.53. The molecule has 0 saturated heterocycles. The number of carbonyl (C=O) groups excluding carboxylic acids is 1. The maximum Gasteiger partial charge on any atom is 0.425 e. The van der Waals surface area contributed by atoms with Crippen molar-refractivity contribution >= 4 is 16.9 Å². The standard InChI is InChI=1S/C14H10F10OS/c15-10(13(20,21)22)12(18,19)14(23,24)11(16,17)6-7-26-9(25)8-4-2-1-3-5-8/h1-5,10H,6-7H2. The molecule has 1 aromatic rings. The van der Waals surface area contributed by atoms with Crippen LogP contribution in [0.1, 0.15) is 16.8 Å². The van der Waals surface area contributed by atoms with Gasteiger partial charge in [-0.15, -0.1) is 0 Å². The van der Waals surface area contributed by atoms with E-state index >= 15 is 0 Å². The molecule has 0 fully saturated rings. The van der Waals surface area contributed by atoms with Gasteiger partial charge in [0.05, 0.1) is 0 Å². The van der Waals surface area contributed by atoms with Gasteiger partial charge in [-0.1, -0.05) is 42.1 Å². The molecule has 0 amide bonds. The Bertz CT molecular complexity index is 614. The van der Waals surface area contributed by atoms with Crippen LogP contribution < -0.4 is 0 Å². The van der Waals surface area contributed by atoms with Crippen molar-refractivity contribution in [1.82, 2.24) is 0 Å². The first-order valence-electron chi connectivity index (χ1n) is 6.71. The van der Waals surface area contributed by atoms with E-state index in [1.54, 1.807) is 0 Å². The van der Waals surface area contributed by atoms with Crippen LogP contribution in [-0.2, 0) is 0 Å². The third-order valence-electron chi connectivity index (χ3n) is 3.14. The minimum Gasteiger partial charge on any atom is -0.282 e. The fourth-order valence-electron chi connectivity index (χ4n) is 1.70. The molecular formula is C14H10F10OS.